The summed E-state index contributed by atoms with van der Waals surface area (Å²) in [6, 6.07) is 5.01. The number of amides is 2. The van der Waals surface area contributed by atoms with Gasteiger partial charge in [-0.1, -0.05) is 11.6 Å². The molecule has 6 heteroatoms. The molecule has 0 saturated carbocycles. The van der Waals surface area contributed by atoms with Gasteiger partial charge in [0.2, 0.25) is 5.91 Å². The van der Waals surface area contributed by atoms with Gasteiger partial charge in [0.1, 0.15) is 0 Å². The highest BCUT2D eigenvalue weighted by molar-refractivity contribution is 5.97. The van der Waals surface area contributed by atoms with Crippen molar-refractivity contribution in [3.63, 3.8) is 0 Å². The summed E-state index contributed by atoms with van der Waals surface area (Å²) in [6.07, 6.45) is 7.94. The smallest absolute Gasteiger partial charge is 0.251 e. The van der Waals surface area contributed by atoms with Crippen LogP contribution in [0.5, 0.6) is 11.5 Å². The van der Waals surface area contributed by atoms with Gasteiger partial charge < -0.3 is 20.1 Å². The molecule has 0 heterocycles. The van der Waals surface area contributed by atoms with E-state index in [-0.39, 0.29) is 18.4 Å². The van der Waals surface area contributed by atoms with Crippen LogP contribution in [0, 0.1) is 0 Å². The van der Waals surface area contributed by atoms with Crippen LogP contribution in [0.4, 0.5) is 0 Å². The molecule has 1 aliphatic rings. The van der Waals surface area contributed by atoms with E-state index < -0.39 is 0 Å². The number of benzene rings is 1. The molecule has 0 bridgehead atoms. The van der Waals surface area contributed by atoms with Crippen LogP contribution in [0.1, 0.15) is 56.3 Å². The van der Waals surface area contributed by atoms with Gasteiger partial charge in [-0.25, -0.2) is 0 Å². The van der Waals surface area contributed by atoms with Crippen molar-refractivity contribution in [1.82, 2.24) is 10.6 Å². The molecule has 1 aromatic rings. The number of hydrogen-bond acceptors (Lipinski definition) is 4. The molecule has 0 atom stereocenters. The molecule has 6 nitrogen and oxygen atoms in total. The molecule has 0 spiro atoms. The van der Waals surface area contributed by atoms with Gasteiger partial charge >= 0.3 is 0 Å². The topological polar surface area (TPSA) is 76.7 Å². The third kappa shape index (κ3) is 6.96. The van der Waals surface area contributed by atoms with E-state index in [0.29, 0.717) is 36.8 Å². The van der Waals surface area contributed by atoms with Gasteiger partial charge in [0.15, 0.2) is 11.5 Å². The summed E-state index contributed by atoms with van der Waals surface area (Å²) >= 11 is 0. The molecule has 0 unspecified atom stereocenters. The standard InChI is InChI=1S/C21H30N2O4/c1-3-26-18-11-10-17(14-19(18)27-4-2)21(25)23-15-20(24)22-13-12-16-8-6-5-7-9-16/h8,10-11,14H,3-7,9,12-13,15H2,1-2H3,(H,22,24)(H,23,25). The Bertz CT molecular complexity index is 670. The van der Waals surface area contributed by atoms with Crippen LogP contribution in [0.2, 0.25) is 0 Å². The number of carbonyl (C=O) groups is 2. The highest BCUT2D eigenvalue weighted by Crippen LogP contribution is 2.28. The van der Waals surface area contributed by atoms with Crippen molar-refractivity contribution in [2.45, 2.75) is 46.0 Å². The Morgan fingerprint density at radius 2 is 1.81 bits per heavy atom. The first-order chi connectivity index (χ1) is 13.1. The van der Waals surface area contributed by atoms with Gasteiger partial charge in [0.05, 0.1) is 19.8 Å². The summed E-state index contributed by atoms with van der Waals surface area (Å²) in [5.74, 6) is 0.628. The van der Waals surface area contributed by atoms with Crippen molar-refractivity contribution < 1.29 is 19.1 Å². The molecule has 0 saturated heterocycles. The fourth-order valence-electron chi connectivity index (χ4n) is 3.01. The van der Waals surface area contributed by atoms with Crippen LogP contribution < -0.4 is 20.1 Å². The SMILES string of the molecule is CCOc1ccc(C(=O)NCC(=O)NCCC2=CCCCC2)cc1OCC. The van der Waals surface area contributed by atoms with Crippen LogP contribution in [-0.4, -0.2) is 38.1 Å². The zero-order chi connectivity index (χ0) is 19.5. The molecule has 1 aromatic carbocycles. The van der Waals surface area contributed by atoms with Crippen molar-refractivity contribution in [2.24, 2.45) is 0 Å². The van der Waals surface area contributed by atoms with E-state index in [4.69, 9.17) is 9.47 Å². The van der Waals surface area contributed by atoms with E-state index >= 15 is 0 Å². The number of rotatable bonds is 10. The summed E-state index contributed by atoms with van der Waals surface area (Å²) in [6.45, 7) is 5.32. The fraction of sp³-hybridized carbons (Fsp3) is 0.524. The predicted octanol–water partition coefficient (Wildman–Crippen LogP) is 3.22. The third-order valence-electron chi connectivity index (χ3n) is 4.37. The second kappa shape index (κ2) is 11.3. The Hall–Kier alpha value is -2.50. The van der Waals surface area contributed by atoms with Crippen LogP contribution in [-0.2, 0) is 4.79 Å². The van der Waals surface area contributed by atoms with Crippen molar-refractivity contribution in [3.05, 3.63) is 35.4 Å². The lowest BCUT2D eigenvalue weighted by Crippen LogP contribution is -2.37. The number of hydrogen-bond donors (Lipinski definition) is 2. The van der Waals surface area contributed by atoms with Crippen LogP contribution in [0.3, 0.4) is 0 Å². The highest BCUT2D eigenvalue weighted by atomic mass is 16.5. The van der Waals surface area contributed by atoms with E-state index in [1.165, 1.54) is 18.4 Å². The predicted molar refractivity (Wildman–Crippen MR) is 105 cm³/mol. The molecule has 0 aliphatic heterocycles. The zero-order valence-corrected chi connectivity index (χ0v) is 16.3. The van der Waals surface area contributed by atoms with Gasteiger partial charge in [-0.05, 0) is 64.2 Å². The first kappa shape index (κ1) is 20.8. The molecule has 2 rings (SSSR count). The average Bonchev–Trinajstić information content (AvgIpc) is 2.68. The lowest BCUT2D eigenvalue weighted by molar-refractivity contribution is -0.120. The zero-order valence-electron chi connectivity index (χ0n) is 16.3. The van der Waals surface area contributed by atoms with Crippen LogP contribution in [0.25, 0.3) is 0 Å². The first-order valence-electron chi connectivity index (χ1n) is 9.76. The molecule has 27 heavy (non-hydrogen) atoms. The third-order valence-corrected chi connectivity index (χ3v) is 4.37. The molecule has 2 amide bonds. The largest absolute Gasteiger partial charge is 0.490 e. The summed E-state index contributed by atoms with van der Waals surface area (Å²) in [5.41, 5.74) is 1.85. The molecule has 0 fully saturated rings. The monoisotopic (exact) mass is 374 g/mol. The van der Waals surface area contributed by atoms with Crippen LogP contribution >= 0.6 is 0 Å². The Balaban J connectivity index is 1.79. The van der Waals surface area contributed by atoms with E-state index in [1.54, 1.807) is 18.2 Å². The molecule has 0 aromatic heterocycles. The van der Waals surface area contributed by atoms with Gasteiger partial charge in [0, 0.05) is 12.1 Å². The first-order valence-corrected chi connectivity index (χ1v) is 9.76. The van der Waals surface area contributed by atoms with Crippen molar-refractivity contribution in [2.75, 3.05) is 26.3 Å². The average molecular weight is 374 g/mol. The molecule has 148 valence electrons. The summed E-state index contributed by atoms with van der Waals surface area (Å²) < 4.78 is 11.0. The van der Waals surface area contributed by atoms with Gasteiger partial charge in [-0.15, -0.1) is 0 Å². The van der Waals surface area contributed by atoms with E-state index in [0.717, 1.165) is 19.3 Å². The lowest BCUT2D eigenvalue weighted by Gasteiger charge is -2.13. The number of allylic oxidation sites excluding steroid dienone is 1. The van der Waals surface area contributed by atoms with Gasteiger partial charge in [-0.3, -0.25) is 9.59 Å². The quantitative estimate of drug-likeness (QED) is 0.617. The minimum Gasteiger partial charge on any atom is -0.490 e. The molecule has 0 radical (unpaired) electrons. The van der Waals surface area contributed by atoms with Crippen LogP contribution in [0.15, 0.2) is 29.8 Å². The highest BCUT2D eigenvalue weighted by Gasteiger charge is 2.13. The summed E-state index contributed by atoms with van der Waals surface area (Å²) in [7, 11) is 0. The Morgan fingerprint density at radius 3 is 2.52 bits per heavy atom. The number of ether oxygens (including phenoxy) is 2. The normalized spacial score (nSPS) is 13.5. The van der Waals surface area contributed by atoms with Gasteiger partial charge in [-0.2, -0.15) is 0 Å². The molecular weight excluding hydrogens is 344 g/mol. The Kier molecular flexibility index (Phi) is 8.68. The minimum atomic E-state index is -0.316. The summed E-state index contributed by atoms with van der Waals surface area (Å²) in [4.78, 5) is 24.2. The van der Waals surface area contributed by atoms with Crippen molar-refractivity contribution in [3.8, 4) is 11.5 Å². The second-order valence-corrected chi connectivity index (χ2v) is 6.42. The van der Waals surface area contributed by atoms with Gasteiger partial charge in [0.25, 0.3) is 5.91 Å². The Labute approximate surface area is 161 Å². The number of carbonyl (C=O) groups excluding carboxylic acids is 2. The summed E-state index contributed by atoms with van der Waals surface area (Å²) in [5, 5.41) is 5.50. The fourth-order valence-corrected chi connectivity index (χ4v) is 3.01. The van der Waals surface area contributed by atoms with Crippen molar-refractivity contribution >= 4 is 11.8 Å². The maximum atomic E-state index is 12.3. The minimum absolute atomic E-state index is 0.0466. The van der Waals surface area contributed by atoms with E-state index in [9.17, 15) is 9.59 Å². The molecular formula is C21H30N2O4. The van der Waals surface area contributed by atoms with E-state index in [2.05, 4.69) is 16.7 Å². The molecule has 2 N–H and O–H groups in total. The maximum Gasteiger partial charge on any atom is 0.251 e. The second-order valence-electron chi connectivity index (χ2n) is 6.42. The number of nitrogens with one attached hydrogen (secondary N) is 2. The maximum absolute atomic E-state index is 12.3. The Morgan fingerprint density at radius 1 is 1.04 bits per heavy atom. The van der Waals surface area contributed by atoms with Crippen molar-refractivity contribution in [1.29, 1.82) is 0 Å². The molecule has 1 aliphatic carbocycles. The van der Waals surface area contributed by atoms with E-state index in [1.807, 2.05) is 13.8 Å². The lowest BCUT2D eigenvalue weighted by atomic mass is 9.97.